The Hall–Kier alpha value is -2.95. The molecule has 1 N–H and O–H groups in total. The van der Waals surface area contributed by atoms with Gasteiger partial charge in [0.1, 0.15) is 6.10 Å². The third kappa shape index (κ3) is 3.70. The molecule has 1 aliphatic rings. The van der Waals surface area contributed by atoms with Crippen molar-refractivity contribution in [2.45, 2.75) is 18.2 Å². The van der Waals surface area contributed by atoms with Crippen molar-refractivity contribution in [3.05, 3.63) is 108 Å². The van der Waals surface area contributed by atoms with Crippen LogP contribution in [0.2, 0.25) is 0 Å². The summed E-state index contributed by atoms with van der Waals surface area (Å²) in [6.45, 7) is 2.16. The molecule has 3 aromatic carbocycles. The Morgan fingerprint density at radius 1 is 0.857 bits per heavy atom. The highest BCUT2D eigenvalue weighted by molar-refractivity contribution is 5.85. The summed E-state index contributed by atoms with van der Waals surface area (Å²) in [5.74, 6) is -0.630. The number of benzene rings is 3. The standard InChI is InChI=1S/C24H23NO3/c26-23(28-22-17-25(18-22)16-19-10-4-1-5-11-19)24(27,20-12-6-2-7-13-20)21-14-8-3-9-15-21/h1-15,22,27H,16-18H2. The van der Waals surface area contributed by atoms with Crippen molar-refractivity contribution < 1.29 is 14.6 Å². The minimum atomic E-state index is -1.82. The molecule has 0 atom stereocenters. The molecule has 0 radical (unpaired) electrons. The van der Waals surface area contributed by atoms with Gasteiger partial charge in [0, 0.05) is 19.6 Å². The van der Waals surface area contributed by atoms with E-state index in [9.17, 15) is 9.90 Å². The number of hydrogen-bond acceptors (Lipinski definition) is 4. The second kappa shape index (κ2) is 7.97. The molecule has 4 nitrogen and oxygen atoms in total. The molecule has 0 spiro atoms. The zero-order chi connectivity index (χ0) is 19.4. The monoisotopic (exact) mass is 373 g/mol. The first kappa shape index (κ1) is 18.4. The molecule has 28 heavy (non-hydrogen) atoms. The molecule has 0 saturated carbocycles. The second-order valence-electron chi connectivity index (χ2n) is 7.15. The van der Waals surface area contributed by atoms with Crippen LogP contribution in [-0.2, 0) is 21.7 Å². The van der Waals surface area contributed by atoms with Crippen LogP contribution in [0.4, 0.5) is 0 Å². The Morgan fingerprint density at radius 2 is 1.32 bits per heavy atom. The zero-order valence-corrected chi connectivity index (χ0v) is 15.6. The first-order chi connectivity index (χ1) is 13.7. The van der Waals surface area contributed by atoms with E-state index in [0.29, 0.717) is 24.2 Å². The van der Waals surface area contributed by atoms with Crippen LogP contribution in [0.25, 0.3) is 0 Å². The van der Waals surface area contributed by atoms with Crippen molar-refractivity contribution in [3.63, 3.8) is 0 Å². The van der Waals surface area contributed by atoms with Gasteiger partial charge in [0.25, 0.3) is 0 Å². The largest absolute Gasteiger partial charge is 0.457 e. The average molecular weight is 373 g/mol. The SMILES string of the molecule is O=C(OC1CN(Cc2ccccc2)C1)C(O)(c1ccccc1)c1ccccc1. The van der Waals surface area contributed by atoms with Gasteiger partial charge >= 0.3 is 5.97 Å². The minimum absolute atomic E-state index is 0.213. The van der Waals surface area contributed by atoms with Crippen LogP contribution >= 0.6 is 0 Å². The summed E-state index contributed by atoms with van der Waals surface area (Å²) in [7, 11) is 0. The highest BCUT2D eigenvalue weighted by Crippen LogP contribution is 2.32. The lowest BCUT2D eigenvalue weighted by Gasteiger charge is -2.40. The summed E-state index contributed by atoms with van der Waals surface area (Å²) in [6.07, 6.45) is -0.213. The van der Waals surface area contributed by atoms with E-state index < -0.39 is 11.6 Å². The Bertz CT molecular complexity index is 867. The molecule has 0 amide bonds. The van der Waals surface area contributed by atoms with Crippen molar-refractivity contribution in [1.82, 2.24) is 4.90 Å². The highest BCUT2D eigenvalue weighted by Gasteiger charge is 2.44. The first-order valence-corrected chi connectivity index (χ1v) is 9.47. The van der Waals surface area contributed by atoms with E-state index in [1.54, 1.807) is 24.3 Å². The van der Waals surface area contributed by atoms with Crippen LogP contribution in [0.3, 0.4) is 0 Å². The van der Waals surface area contributed by atoms with Gasteiger partial charge in [0.15, 0.2) is 0 Å². The lowest BCUT2D eigenvalue weighted by Crippen LogP contribution is -2.54. The number of carbonyl (C=O) groups excluding carboxylic acids is 1. The van der Waals surface area contributed by atoms with Crippen LogP contribution in [-0.4, -0.2) is 35.2 Å². The van der Waals surface area contributed by atoms with Crippen molar-refractivity contribution in [2.24, 2.45) is 0 Å². The topological polar surface area (TPSA) is 49.8 Å². The maximum absolute atomic E-state index is 13.0. The van der Waals surface area contributed by atoms with Crippen molar-refractivity contribution in [1.29, 1.82) is 0 Å². The van der Waals surface area contributed by atoms with Gasteiger partial charge in [0.05, 0.1) is 0 Å². The molecule has 4 rings (SSSR count). The minimum Gasteiger partial charge on any atom is -0.457 e. The molecule has 1 heterocycles. The summed E-state index contributed by atoms with van der Waals surface area (Å²) in [5.41, 5.74) is 0.429. The maximum Gasteiger partial charge on any atom is 0.348 e. The second-order valence-corrected chi connectivity index (χ2v) is 7.15. The zero-order valence-electron chi connectivity index (χ0n) is 15.6. The number of aliphatic hydroxyl groups is 1. The van der Waals surface area contributed by atoms with Crippen LogP contribution in [0.15, 0.2) is 91.0 Å². The highest BCUT2D eigenvalue weighted by atomic mass is 16.6. The molecule has 0 bridgehead atoms. The fourth-order valence-corrected chi connectivity index (χ4v) is 3.57. The molecule has 3 aromatic rings. The van der Waals surface area contributed by atoms with Crippen molar-refractivity contribution in [2.75, 3.05) is 13.1 Å². The molecular weight excluding hydrogens is 350 g/mol. The summed E-state index contributed by atoms with van der Waals surface area (Å²) >= 11 is 0. The number of likely N-dealkylation sites (tertiary alicyclic amines) is 1. The number of hydrogen-bond donors (Lipinski definition) is 1. The fourth-order valence-electron chi connectivity index (χ4n) is 3.57. The predicted octanol–water partition coefficient (Wildman–Crippen LogP) is 3.35. The van der Waals surface area contributed by atoms with E-state index in [4.69, 9.17) is 4.74 Å². The Morgan fingerprint density at radius 3 is 1.82 bits per heavy atom. The molecule has 0 aromatic heterocycles. The Labute approximate surface area is 165 Å². The van der Waals surface area contributed by atoms with Crippen LogP contribution in [0.5, 0.6) is 0 Å². The molecule has 142 valence electrons. The quantitative estimate of drug-likeness (QED) is 0.673. The van der Waals surface area contributed by atoms with Gasteiger partial charge in [-0.2, -0.15) is 0 Å². The lowest BCUT2D eigenvalue weighted by atomic mass is 9.86. The number of carbonyl (C=O) groups is 1. The number of ether oxygens (including phenoxy) is 1. The van der Waals surface area contributed by atoms with Gasteiger partial charge in [0.2, 0.25) is 5.60 Å². The summed E-state index contributed by atoms with van der Waals surface area (Å²) in [5, 5.41) is 11.4. The molecule has 1 fully saturated rings. The van der Waals surface area contributed by atoms with Crippen molar-refractivity contribution >= 4 is 5.97 Å². The molecular formula is C24H23NO3. The summed E-state index contributed by atoms with van der Waals surface area (Å²) < 4.78 is 5.70. The third-order valence-electron chi connectivity index (χ3n) is 5.12. The van der Waals surface area contributed by atoms with Gasteiger partial charge in [-0.1, -0.05) is 91.0 Å². The number of rotatable bonds is 6. The summed E-state index contributed by atoms with van der Waals surface area (Å²) in [4.78, 5) is 15.3. The molecule has 4 heteroatoms. The molecule has 0 aliphatic carbocycles. The van der Waals surface area contributed by atoms with E-state index in [1.165, 1.54) is 5.56 Å². The van der Waals surface area contributed by atoms with Gasteiger partial charge < -0.3 is 9.84 Å². The van der Waals surface area contributed by atoms with Gasteiger partial charge in [-0.3, -0.25) is 4.90 Å². The van der Waals surface area contributed by atoms with Crippen LogP contribution in [0.1, 0.15) is 16.7 Å². The number of nitrogens with zero attached hydrogens (tertiary/aromatic N) is 1. The van der Waals surface area contributed by atoms with Crippen molar-refractivity contribution in [3.8, 4) is 0 Å². The number of esters is 1. The molecule has 0 unspecified atom stereocenters. The maximum atomic E-state index is 13.0. The summed E-state index contributed by atoms with van der Waals surface area (Å²) in [6, 6.07) is 28.1. The molecule has 1 aliphatic heterocycles. The smallest absolute Gasteiger partial charge is 0.348 e. The Kier molecular flexibility index (Phi) is 5.24. The first-order valence-electron chi connectivity index (χ1n) is 9.47. The van der Waals surface area contributed by atoms with Crippen LogP contribution < -0.4 is 0 Å². The Balaban J connectivity index is 1.46. The van der Waals surface area contributed by atoms with E-state index >= 15 is 0 Å². The fraction of sp³-hybridized carbons (Fsp3) is 0.208. The van der Waals surface area contributed by atoms with Gasteiger partial charge in [-0.25, -0.2) is 4.79 Å². The van der Waals surface area contributed by atoms with Gasteiger partial charge in [-0.15, -0.1) is 0 Å². The third-order valence-corrected chi connectivity index (χ3v) is 5.12. The van der Waals surface area contributed by atoms with E-state index in [2.05, 4.69) is 17.0 Å². The molecule has 1 saturated heterocycles. The van der Waals surface area contributed by atoms with E-state index in [0.717, 1.165) is 6.54 Å². The average Bonchev–Trinajstić information content (AvgIpc) is 2.73. The van der Waals surface area contributed by atoms with E-state index in [1.807, 2.05) is 54.6 Å². The lowest BCUT2D eigenvalue weighted by molar-refractivity contribution is -0.176. The van der Waals surface area contributed by atoms with Gasteiger partial charge in [-0.05, 0) is 16.7 Å². The van der Waals surface area contributed by atoms with E-state index in [-0.39, 0.29) is 6.10 Å². The predicted molar refractivity (Wildman–Crippen MR) is 107 cm³/mol. The normalized spacial score (nSPS) is 15.0. The van der Waals surface area contributed by atoms with Crippen LogP contribution in [0, 0.1) is 0 Å².